The van der Waals surface area contributed by atoms with Crippen LogP contribution < -0.4 is 5.32 Å². The number of amides is 3. The summed E-state index contributed by atoms with van der Waals surface area (Å²) in [7, 11) is 0. The van der Waals surface area contributed by atoms with Crippen LogP contribution in [0.25, 0.3) is 0 Å². The number of hydrogen-bond donors (Lipinski definition) is 1. The van der Waals surface area contributed by atoms with Crippen molar-refractivity contribution in [3.05, 3.63) is 0 Å². The number of ether oxygens (including phenoxy) is 1. The second kappa shape index (κ2) is 5.96. The van der Waals surface area contributed by atoms with Gasteiger partial charge in [0.1, 0.15) is 0 Å². The number of carbonyl (C=O) groups is 2. The summed E-state index contributed by atoms with van der Waals surface area (Å²) in [6.45, 7) is 5.58. The monoisotopic (exact) mass is 321 g/mol. The Morgan fingerprint density at radius 3 is 2.74 bits per heavy atom. The van der Waals surface area contributed by atoms with Gasteiger partial charge in [-0.3, -0.25) is 4.79 Å². The fourth-order valence-corrected chi connectivity index (χ4v) is 4.80. The van der Waals surface area contributed by atoms with Crippen molar-refractivity contribution in [1.29, 1.82) is 0 Å². The molecule has 2 aliphatic heterocycles. The molecule has 0 radical (unpaired) electrons. The Balaban J connectivity index is 1.35. The molecule has 128 valence electrons. The molecule has 6 nitrogen and oxygen atoms in total. The summed E-state index contributed by atoms with van der Waals surface area (Å²) in [6, 6.07) is 0.967. The highest BCUT2D eigenvalue weighted by Crippen LogP contribution is 2.49. The first-order valence-corrected chi connectivity index (χ1v) is 9.07. The van der Waals surface area contributed by atoms with Crippen LogP contribution in [0, 0.1) is 17.8 Å². The van der Waals surface area contributed by atoms with E-state index in [1.165, 1.54) is 12.8 Å². The maximum absolute atomic E-state index is 12.3. The minimum absolute atomic E-state index is 0.0207. The van der Waals surface area contributed by atoms with Crippen molar-refractivity contribution < 1.29 is 14.3 Å². The summed E-state index contributed by atoms with van der Waals surface area (Å²) >= 11 is 0. The summed E-state index contributed by atoms with van der Waals surface area (Å²) in [5.74, 6) is 1.78. The van der Waals surface area contributed by atoms with Gasteiger partial charge in [-0.25, -0.2) is 4.79 Å². The van der Waals surface area contributed by atoms with Crippen LogP contribution >= 0.6 is 0 Å². The van der Waals surface area contributed by atoms with Crippen LogP contribution in [0.3, 0.4) is 0 Å². The quantitative estimate of drug-likeness (QED) is 0.845. The molecule has 2 heterocycles. The summed E-state index contributed by atoms with van der Waals surface area (Å²) in [4.78, 5) is 28.6. The molecule has 4 aliphatic rings. The van der Waals surface area contributed by atoms with Crippen molar-refractivity contribution in [2.45, 2.75) is 44.7 Å². The molecule has 0 aromatic carbocycles. The van der Waals surface area contributed by atoms with Gasteiger partial charge in [-0.05, 0) is 37.0 Å². The third kappa shape index (κ3) is 2.82. The van der Waals surface area contributed by atoms with Gasteiger partial charge in [0.2, 0.25) is 5.91 Å². The molecule has 4 atom stereocenters. The summed E-state index contributed by atoms with van der Waals surface area (Å²) in [5.41, 5.74) is 0. The van der Waals surface area contributed by atoms with E-state index in [-0.39, 0.29) is 6.03 Å². The number of fused-ring (bicyclic) bond motifs is 1. The Morgan fingerprint density at radius 2 is 2.04 bits per heavy atom. The average Bonchev–Trinajstić information content (AvgIpc) is 3.27. The number of morpholine rings is 1. The van der Waals surface area contributed by atoms with Gasteiger partial charge < -0.3 is 19.9 Å². The molecule has 2 saturated carbocycles. The summed E-state index contributed by atoms with van der Waals surface area (Å²) in [5, 5.41) is 3.11. The van der Waals surface area contributed by atoms with Crippen LogP contribution in [0.5, 0.6) is 0 Å². The van der Waals surface area contributed by atoms with Gasteiger partial charge in [0.15, 0.2) is 0 Å². The van der Waals surface area contributed by atoms with E-state index in [4.69, 9.17) is 4.74 Å². The first kappa shape index (κ1) is 15.2. The zero-order chi connectivity index (χ0) is 16.0. The maximum atomic E-state index is 12.3. The molecule has 2 aliphatic carbocycles. The van der Waals surface area contributed by atoms with E-state index in [1.807, 2.05) is 4.90 Å². The molecular formula is C17H27N3O3. The van der Waals surface area contributed by atoms with Crippen molar-refractivity contribution >= 4 is 11.9 Å². The largest absolute Gasteiger partial charge is 0.378 e. The second-order valence-electron chi connectivity index (χ2n) is 7.63. The van der Waals surface area contributed by atoms with Crippen LogP contribution in [-0.2, 0) is 9.53 Å². The average molecular weight is 321 g/mol. The molecule has 0 aromatic rings. The number of carbonyl (C=O) groups excluding carboxylic acids is 2. The molecule has 4 fully saturated rings. The Bertz CT molecular complexity index is 487. The van der Waals surface area contributed by atoms with Gasteiger partial charge in [-0.15, -0.1) is 0 Å². The lowest BCUT2D eigenvalue weighted by molar-refractivity contribution is -0.129. The SMILES string of the molecule is C[C@H]1C[C@@H]2[C@@H](CC(=O)N2C2CC2)[C@@H]1CNC(=O)N1CCOCC1. The van der Waals surface area contributed by atoms with Crippen molar-refractivity contribution in [2.75, 3.05) is 32.8 Å². The molecule has 23 heavy (non-hydrogen) atoms. The van der Waals surface area contributed by atoms with E-state index in [0.29, 0.717) is 75.0 Å². The van der Waals surface area contributed by atoms with Gasteiger partial charge >= 0.3 is 6.03 Å². The molecule has 3 amide bonds. The van der Waals surface area contributed by atoms with Crippen molar-refractivity contribution in [1.82, 2.24) is 15.1 Å². The predicted molar refractivity (Wildman–Crippen MR) is 84.8 cm³/mol. The van der Waals surface area contributed by atoms with Gasteiger partial charge in [0.05, 0.1) is 13.2 Å². The van der Waals surface area contributed by atoms with Crippen molar-refractivity contribution in [3.63, 3.8) is 0 Å². The normalized spacial score (nSPS) is 37.2. The number of likely N-dealkylation sites (tertiary alicyclic amines) is 1. The van der Waals surface area contributed by atoms with Crippen LogP contribution in [0.1, 0.15) is 32.6 Å². The minimum atomic E-state index is 0.0207. The summed E-state index contributed by atoms with van der Waals surface area (Å²) in [6.07, 6.45) is 4.15. The van der Waals surface area contributed by atoms with Crippen molar-refractivity contribution in [2.24, 2.45) is 17.8 Å². The highest BCUT2D eigenvalue weighted by Gasteiger charge is 2.53. The zero-order valence-electron chi connectivity index (χ0n) is 13.9. The molecule has 4 rings (SSSR count). The van der Waals surface area contributed by atoms with E-state index >= 15 is 0 Å². The van der Waals surface area contributed by atoms with E-state index in [1.54, 1.807) is 0 Å². The molecule has 1 N–H and O–H groups in total. The lowest BCUT2D eigenvalue weighted by Gasteiger charge is -2.29. The van der Waals surface area contributed by atoms with Gasteiger partial charge in [0, 0.05) is 38.1 Å². The Labute approximate surface area is 137 Å². The van der Waals surface area contributed by atoms with Crippen LogP contribution in [0.4, 0.5) is 4.79 Å². The van der Waals surface area contributed by atoms with E-state index in [2.05, 4.69) is 17.1 Å². The van der Waals surface area contributed by atoms with Gasteiger partial charge in [0.25, 0.3) is 0 Å². The number of nitrogens with zero attached hydrogens (tertiary/aromatic N) is 2. The first-order valence-electron chi connectivity index (χ1n) is 9.07. The highest BCUT2D eigenvalue weighted by atomic mass is 16.5. The fraction of sp³-hybridized carbons (Fsp3) is 0.882. The molecule has 6 heteroatoms. The number of nitrogens with one attached hydrogen (secondary N) is 1. The number of urea groups is 1. The van der Waals surface area contributed by atoms with Crippen molar-refractivity contribution in [3.8, 4) is 0 Å². The first-order chi connectivity index (χ1) is 11.1. The predicted octanol–water partition coefficient (Wildman–Crippen LogP) is 1.06. The zero-order valence-corrected chi connectivity index (χ0v) is 13.9. The Kier molecular flexibility index (Phi) is 3.95. The topological polar surface area (TPSA) is 61.9 Å². The third-order valence-electron chi connectivity index (χ3n) is 6.17. The van der Waals surface area contributed by atoms with Crippen LogP contribution in [-0.4, -0.2) is 66.7 Å². The van der Waals surface area contributed by atoms with Crippen LogP contribution in [0.2, 0.25) is 0 Å². The number of rotatable bonds is 3. The molecule has 2 saturated heterocycles. The molecular weight excluding hydrogens is 294 g/mol. The van der Waals surface area contributed by atoms with Gasteiger partial charge in [-0.1, -0.05) is 6.92 Å². The molecule has 0 bridgehead atoms. The molecule has 0 unspecified atom stereocenters. The lowest BCUT2D eigenvalue weighted by Crippen LogP contribution is -2.47. The Morgan fingerprint density at radius 1 is 1.30 bits per heavy atom. The van der Waals surface area contributed by atoms with E-state index in [9.17, 15) is 9.59 Å². The fourth-order valence-electron chi connectivity index (χ4n) is 4.80. The minimum Gasteiger partial charge on any atom is -0.378 e. The van der Waals surface area contributed by atoms with E-state index in [0.717, 1.165) is 6.42 Å². The second-order valence-corrected chi connectivity index (χ2v) is 7.63. The summed E-state index contributed by atoms with van der Waals surface area (Å²) < 4.78 is 5.29. The number of hydrogen-bond acceptors (Lipinski definition) is 3. The molecule has 0 spiro atoms. The molecule has 0 aromatic heterocycles. The maximum Gasteiger partial charge on any atom is 0.317 e. The van der Waals surface area contributed by atoms with Gasteiger partial charge in [-0.2, -0.15) is 0 Å². The standard InChI is InChI=1S/C17H27N3O3/c1-11-8-15-13(9-16(21)20(15)12-2-3-12)14(11)10-18-17(22)19-4-6-23-7-5-19/h11-15H,2-10H2,1H3,(H,18,22)/t11-,13-,14+,15+/m0/s1. The Hall–Kier alpha value is -1.30. The smallest absolute Gasteiger partial charge is 0.317 e. The third-order valence-corrected chi connectivity index (χ3v) is 6.17. The van der Waals surface area contributed by atoms with Crippen LogP contribution in [0.15, 0.2) is 0 Å². The highest BCUT2D eigenvalue weighted by molar-refractivity contribution is 5.80. The van der Waals surface area contributed by atoms with E-state index < -0.39 is 0 Å². The lowest BCUT2D eigenvalue weighted by atomic mass is 9.88.